The minimum atomic E-state index is 0.764. The minimum Gasteiger partial charge on any atom is -0.406 e. The molecule has 0 saturated carbocycles. The summed E-state index contributed by atoms with van der Waals surface area (Å²) in [7, 11) is 0. The normalized spacial score (nSPS) is 15.2. The van der Waals surface area contributed by atoms with Gasteiger partial charge in [0.2, 0.25) is 0 Å². The number of rotatable bonds is 5. The van der Waals surface area contributed by atoms with E-state index in [1.807, 2.05) is 30.5 Å². The molecule has 4 rings (SSSR count). The van der Waals surface area contributed by atoms with Gasteiger partial charge in [-0.2, -0.15) is 0 Å². The molecule has 1 saturated heterocycles. The van der Waals surface area contributed by atoms with Crippen LogP contribution in [0.1, 0.15) is 24.8 Å². The molecule has 0 amide bonds. The summed E-state index contributed by atoms with van der Waals surface area (Å²) >= 11 is 0. The summed E-state index contributed by atoms with van der Waals surface area (Å²) in [4.78, 5) is 14.3. The predicted molar refractivity (Wildman–Crippen MR) is 99.4 cm³/mol. The number of hydroxylamine groups is 2. The monoisotopic (exact) mass is 334 g/mol. The average molecular weight is 334 g/mol. The summed E-state index contributed by atoms with van der Waals surface area (Å²) in [5.74, 6) is 0.910. The van der Waals surface area contributed by atoms with Crippen molar-refractivity contribution in [3.8, 4) is 5.75 Å². The Hall–Kier alpha value is -2.66. The molecule has 1 aliphatic heterocycles. The van der Waals surface area contributed by atoms with Crippen LogP contribution in [0, 0.1) is 0 Å². The SMILES string of the molecule is c1ncc2ccc(NCc3ccc(ON4CCCCC4)cc3)cc2n1. The molecule has 5 heteroatoms. The molecule has 5 nitrogen and oxygen atoms in total. The first-order valence-electron chi connectivity index (χ1n) is 8.82. The standard InChI is InChI=1S/C20H22N4O/c1-2-10-24(11-3-1)25-19-8-4-16(5-9-19)13-22-18-7-6-17-14-21-15-23-20(17)12-18/h4-9,12,14-15,22H,1-3,10-11,13H2. The maximum Gasteiger partial charge on any atom is 0.147 e. The number of nitrogens with zero attached hydrogens (tertiary/aromatic N) is 3. The first kappa shape index (κ1) is 15.8. The van der Waals surface area contributed by atoms with Gasteiger partial charge in [0.05, 0.1) is 5.52 Å². The number of nitrogens with one attached hydrogen (secondary N) is 1. The van der Waals surface area contributed by atoms with E-state index in [1.54, 1.807) is 6.33 Å². The Balaban J connectivity index is 1.35. The van der Waals surface area contributed by atoms with Gasteiger partial charge in [0.25, 0.3) is 0 Å². The quantitative estimate of drug-likeness (QED) is 0.764. The Morgan fingerprint density at radius 3 is 2.68 bits per heavy atom. The van der Waals surface area contributed by atoms with E-state index in [0.29, 0.717) is 0 Å². The van der Waals surface area contributed by atoms with E-state index in [1.165, 1.54) is 24.8 Å². The Labute approximate surface area is 147 Å². The highest BCUT2D eigenvalue weighted by molar-refractivity contribution is 5.81. The lowest BCUT2D eigenvalue weighted by Gasteiger charge is -2.26. The Kier molecular flexibility index (Phi) is 4.74. The molecule has 0 atom stereocenters. The van der Waals surface area contributed by atoms with Crippen LogP contribution in [-0.4, -0.2) is 28.1 Å². The highest BCUT2D eigenvalue weighted by Crippen LogP contribution is 2.19. The molecule has 1 aliphatic rings. The maximum absolute atomic E-state index is 5.92. The fourth-order valence-electron chi connectivity index (χ4n) is 3.06. The van der Waals surface area contributed by atoms with Gasteiger partial charge in [0.15, 0.2) is 0 Å². The van der Waals surface area contributed by atoms with Crippen molar-refractivity contribution in [1.29, 1.82) is 0 Å². The van der Waals surface area contributed by atoms with Gasteiger partial charge < -0.3 is 10.2 Å². The van der Waals surface area contributed by atoms with Crippen LogP contribution in [0.4, 0.5) is 5.69 Å². The molecule has 0 radical (unpaired) electrons. The van der Waals surface area contributed by atoms with Gasteiger partial charge in [0.1, 0.15) is 12.1 Å². The number of benzene rings is 2. The molecule has 3 aromatic rings. The number of piperidine rings is 1. The van der Waals surface area contributed by atoms with E-state index in [4.69, 9.17) is 4.84 Å². The van der Waals surface area contributed by atoms with Crippen molar-refractivity contribution >= 4 is 16.6 Å². The van der Waals surface area contributed by atoms with Crippen LogP contribution in [0.2, 0.25) is 0 Å². The van der Waals surface area contributed by atoms with Crippen LogP contribution in [0.15, 0.2) is 55.0 Å². The average Bonchev–Trinajstić information content (AvgIpc) is 2.68. The molecule has 1 aromatic heterocycles. The highest BCUT2D eigenvalue weighted by atomic mass is 16.7. The Morgan fingerprint density at radius 1 is 1.00 bits per heavy atom. The smallest absolute Gasteiger partial charge is 0.147 e. The second-order valence-corrected chi connectivity index (χ2v) is 6.37. The third-order valence-corrected chi connectivity index (χ3v) is 4.48. The molecule has 0 bridgehead atoms. The largest absolute Gasteiger partial charge is 0.406 e. The van der Waals surface area contributed by atoms with Crippen LogP contribution in [-0.2, 0) is 6.54 Å². The lowest BCUT2D eigenvalue weighted by Crippen LogP contribution is -2.32. The number of anilines is 1. The van der Waals surface area contributed by atoms with Crippen molar-refractivity contribution in [2.45, 2.75) is 25.8 Å². The lowest BCUT2D eigenvalue weighted by atomic mass is 10.2. The van der Waals surface area contributed by atoms with E-state index >= 15 is 0 Å². The molecule has 25 heavy (non-hydrogen) atoms. The highest BCUT2D eigenvalue weighted by Gasteiger charge is 2.11. The fourth-order valence-corrected chi connectivity index (χ4v) is 3.06. The Bertz CT molecular complexity index is 828. The van der Waals surface area contributed by atoms with Gasteiger partial charge in [-0.1, -0.05) is 18.6 Å². The van der Waals surface area contributed by atoms with Crippen LogP contribution in [0.25, 0.3) is 10.9 Å². The summed E-state index contributed by atoms with van der Waals surface area (Å²) < 4.78 is 0. The first-order valence-corrected chi connectivity index (χ1v) is 8.82. The zero-order valence-electron chi connectivity index (χ0n) is 14.2. The summed E-state index contributed by atoms with van der Waals surface area (Å²) in [6.07, 6.45) is 7.16. The first-order chi connectivity index (χ1) is 12.4. The van der Waals surface area contributed by atoms with Crippen molar-refractivity contribution in [3.05, 3.63) is 60.6 Å². The molecule has 1 N–H and O–H groups in total. The van der Waals surface area contributed by atoms with Crippen LogP contribution < -0.4 is 10.2 Å². The molecule has 0 spiro atoms. The topological polar surface area (TPSA) is 50.3 Å². The van der Waals surface area contributed by atoms with Gasteiger partial charge in [-0.15, -0.1) is 5.06 Å². The van der Waals surface area contributed by atoms with E-state index in [-0.39, 0.29) is 0 Å². The third kappa shape index (κ3) is 4.06. The van der Waals surface area contributed by atoms with E-state index in [0.717, 1.165) is 42.0 Å². The van der Waals surface area contributed by atoms with E-state index in [2.05, 4.69) is 38.5 Å². The van der Waals surface area contributed by atoms with Crippen molar-refractivity contribution < 1.29 is 4.84 Å². The molecule has 2 heterocycles. The van der Waals surface area contributed by atoms with Crippen molar-refractivity contribution in [2.75, 3.05) is 18.4 Å². The summed E-state index contributed by atoms with van der Waals surface area (Å²) in [6, 6.07) is 14.4. The number of hydrogen-bond acceptors (Lipinski definition) is 5. The second kappa shape index (κ2) is 7.49. The molecule has 2 aromatic carbocycles. The third-order valence-electron chi connectivity index (χ3n) is 4.48. The van der Waals surface area contributed by atoms with Crippen molar-refractivity contribution in [3.63, 3.8) is 0 Å². The number of fused-ring (bicyclic) bond motifs is 1. The van der Waals surface area contributed by atoms with Crippen molar-refractivity contribution in [1.82, 2.24) is 15.0 Å². The molecule has 0 unspecified atom stereocenters. The zero-order chi connectivity index (χ0) is 16.9. The lowest BCUT2D eigenvalue weighted by molar-refractivity contribution is -0.0720. The van der Waals surface area contributed by atoms with Gasteiger partial charge >= 0.3 is 0 Å². The molecular formula is C20H22N4O. The van der Waals surface area contributed by atoms with Gasteiger partial charge in [-0.3, -0.25) is 0 Å². The number of hydrogen-bond donors (Lipinski definition) is 1. The summed E-state index contributed by atoms with van der Waals surface area (Å²) in [6.45, 7) is 2.81. The fraction of sp³-hybridized carbons (Fsp3) is 0.300. The zero-order valence-corrected chi connectivity index (χ0v) is 14.2. The molecular weight excluding hydrogens is 312 g/mol. The predicted octanol–water partition coefficient (Wildman–Crippen LogP) is 4.02. The summed E-state index contributed by atoms with van der Waals surface area (Å²) in [5, 5.41) is 6.55. The molecule has 128 valence electrons. The molecule has 1 fully saturated rings. The van der Waals surface area contributed by atoms with E-state index < -0.39 is 0 Å². The van der Waals surface area contributed by atoms with Gasteiger partial charge in [-0.05, 0) is 48.7 Å². The Morgan fingerprint density at radius 2 is 1.84 bits per heavy atom. The molecule has 0 aliphatic carbocycles. The van der Waals surface area contributed by atoms with Gasteiger partial charge in [-0.25, -0.2) is 9.97 Å². The van der Waals surface area contributed by atoms with Crippen LogP contribution >= 0.6 is 0 Å². The summed E-state index contributed by atoms with van der Waals surface area (Å²) in [5.41, 5.74) is 3.22. The van der Waals surface area contributed by atoms with Crippen molar-refractivity contribution in [2.24, 2.45) is 0 Å². The maximum atomic E-state index is 5.92. The van der Waals surface area contributed by atoms with Crippen LogP contribution in [0.5, 0.6) is 5.75 Å². The second-order valence-electron chi connectivity index (χ2n) is 6.37. The van der Waals surface area contributed by atoms with Gasteiger partial charge in [0, 0.05) is 36.9 Å². The number of aromatic nitrogens is 2. The van der Waals surface area contributed by atoms with Crippen LogP contribution in [0.3, 0.4) is 0 Å². The minimum absolute atomic E-state index is 0.764. The van der Waals surface area contributed by atoms with E-state index in [9.17, 15) is 0 Å².